The lowest BCUT2D eigenvalue weighted by molar-refractivity contribution is 0.580. The molecule has 0 bridgehead atoms. The van der Waals surface area contributed by atoms with E-state index in [2.05, 4.69) is 0 Å². The summed E-state index contributed by atoms with van der Waals surface area (Å²) in [7, 11) is -3.50. The lowest BCUT2D eigenvalue weighted by Gasteiger charge is -2.16. The van der Waals surface area contributed by atoms with Crippen LogP contribution >= 0.6 is 35.0 Å². The molecule has 2 nitrogen and oxygen atoms in total. The number of benzene rings is 2. The topological polar surface area (TPSA) is 34.1 Å². The van der Waals surface area contributed by atoms with E-state index in [0.29, 0.717) is 11.3 Å². The predicted octanol–water partition coefficient (Wildman–Crippen LogP) is 5.23. The Kier molecular flexibility index (Phi) is 5.74. The predicted molar refractivity (Wildman–Crippen MR) is 107 cm³/mol. The zero-order chi connectivity index (χ0) is 18.2. The maximum absolute atomic E-state index is 13.0. The van der Waals surface area contributed by atoms with E-state index >= 15 is 0 Å². The molecule has 0 N–H and O–H groups in total. The molecular weight excluding hydrogens is 395 g/mol. The van der Waals surface area contributed by atoms with E-state index in [9.17, 15) is 8.42 Å². The molecule has 1 aliphatic rings. The number of hydrogen-bond donors (Lipinski definition) is 0. The van der Waals surface area contributed by atoms with E-state index in [0.717, 1.165) is 10.5 Å². The van der Waals surface area contributed by atoms with Crippen molar-refractivity contribution in [2.24, 2.45) is 0 Å². The van der Waals surface area contributed by atoms with Crippen LogP contribution in [-0.4, -0.2) is 29.7 Å². The van der Waals surface area contributed by atoms with Crippen LogP contribution in [0, 0.1) is 13.8 Å². The molecule has 0 saturated heterocycles. The average molecular weight is 415 g/mol. The molecule has 2 aromatic carbocycles. The molecule has 0 radical (unpaired) electrons. The van der Waals surface area contributed by atoms with Gasteiger partial charge in [0.2, 0.25) is 0 Å². The van der Waals surface area contributed by atoms with E-state index in [1.807, 2.05) is 50.2 Å². The van der Waals surface area contributed by atoms with Gasteiger partial charge in [-0.2, -0.15) is 0 Å². The fourth-order valence-corrected chi connectivity index (χ4v) is 7.50. The summed E-state index contributed by atoms with van der Waals surface area (Å²) in [5.74, 6) is 0. The van der Waals surface area contributed by atoms with E-state index in [1.54, 1.807) is 23.9 Å². The van der Waals surface area contributed by atoms with Crippen molar-refractivity contribution in [2.45, 2.75) is 51.3 Å². The minimum atomic E-state index is -3.50. The summed E-state index contributed by atoms with van der Waals surface area (Å²) in [6.07, 6.45) is 0.455. The summed E-state index contributed by atoms with van der Waals surface area (Å²) < 4.78 is 26.0. The maximum atomic E-state index is 13.0. The molecule has 0 heterocycles. The molecule has 0 spiro atoms. The number of thioether (sulfide) groups is 1. The summed E-state index contributed by atoms with van der Waals surface area (Å²) in [6, 6.07) is 15.1. The van der Waals surface area contributed by atoms with Gasteiger partial charge < -0.3 is 0 Å². The number of hydrogen-bond acceptors (Lipinski definition) is 3. The zero-order valence-electron chi connectivity index (χ0n) is 14.0. The molecule has 0 unspecified atom stereocenters. The van der Waals surface area contributed by atoms with E-state index in [1.165, 1.54) is 5.56 Å². The van der Waals surface area contributed by atoms with Gasteiger partial charge in [0.15, 0.2) is 9.84 Å². The molecule has 1 aliphatic carbocycles. The number of sulfone groups is 1. The third-order valence-electron chi connectivity index (χ3n) is 4.54. The number of rotatable bonds is 4. The summed E-state index contributed by atoms with van der Waals surface area (Å²) in [6.45, 7) is 3.96. The molecule has 0 aliphatic heterocycles. The minimum absolute atomic E-state index is 0.0305. The monoisotopic (exact) mass is 414 g/mol. The quantitative estimate of drug-likeness (QED) is 0.642. The largest absolute Gasteiger partial charge is 0.223 e. The van der Waals surface area contributed by atoms with Crippen molar-refractivity contribution in [3.63, 3.8) is 0 Å². The van der Waals surface area contributed by atoms with Crippen LogP contribution in [0.3, 0.4) is 0 Å². The smallest absolute Gasteiger partial charge is 0.182 e. The highest BCUT2D eigenvalue weighted by atomic mass is 35.5. The van der Waals surface area contributed by atoms with Gasteiger partial charge in [-0.15, -0.1) is 35.0 Å². The number of aryl methyl sites for hydroxylation is 2. The first-order valence-corrected chi connectivity index (χ1v) is 11.4. The number of halogens is 2. The van der Waals surface area contributed by atoms with Gasteiger partial charge in [-0.25, -0.2) is 8.42 Å². The molecule has 4 atom stereocenters. The maximum Gasteiger partial charge on any atom is 0.182 e. The second-order valence-corrected chi connectivity index (χ2v) is 11.0. The average Bonchev–Trinajstić information content (AvgIpc) is 2.86. The fraction of sp³-hybridized carbons (Fsp3) is 0.368. The van der Waals surface area contributed by atoms with Crippen LogP contribution in [0.2, 0.25) is 0 Å². The Bertz CT molecular complexity index is 833. The Morgan fingerprint density at radius 2 is 1.40 bits per heavy atom. The lowest BCUT2D eigenvalue weighted by atomic mass is 10.2. The van der Waals surface area contributed by atoms with Crippen LogP contribution in [0.5, 0.6) is 0 Å². The standard InChI is InChI=1S/C19H20Cl2O2S2/c1-12-3-7-14(8-4-12)24-16-11-17(19(21)18(16)20)25(22,23)15-9-5-13(2)6-10-15/h3-10,16-19H,11H2,1-2H3/t16-,17-,18+,19+/m1/s1. The third kappa shape index (κ3) is 4.02. The van der Waals surface area contributed by atoms with Crippen molar-refractivity contribution in [1.29, 1.82) is 0 Å². The zero-order valence-corrected chi connectivity index (χ0v) is 17.2. The highest BCUT2D eigenvalue weighted by molar-refractivity contribution is 8.00. The van der Waals surface area contributed by atoms with Crippen LogP contribution < -0.4 is 0 Å². The Morgan fingerprint density at radius 1 is 0.880 bits per heavy atom. The molecule has 1 saturated carbocycles. The van der Waals surface area contributed by atoms with E-state index < -0.39 is 25.8 Å². The molecule has 0 aromatic heterocycles. The van der Waals surface area contributed by atoms with Crippen LogP contribution in [0.4, 0.5) is 0 Å². The molecule has 1 fully saturated rings. The first kappa shape index (κ1) is 19.1. The summed E-state index contributed by atoms with van der Waals surface area (Å²) in [5, 5.41) is -1.69. The molecule has 3 rings (SSSR count). The highest BCUT2D eigenvalue weighted by Gasteiger charge is 2.48. The van der Waals surface area contributed by atoms with Crippen molar-refractivity contribution in [1.82, 2.24) is 0 Å². The minimum Gasteiger partial charge on any atom is -0.223 e. The molecular formula is C19H20Cl2O2S2. The normalized spacial score (nSPS) is 26.7. The van der Waals surface area contributed by atoms with E-state index in [4.69, 9.17) is 23.2 Å². The lowest BCUT2D eigenvalue weighted by Crippen LogP contribution is -2.29. The molecule has 2 aromatic rings. The molecule has 25 heavy (non-hydrogen) atoms. The van der Waals surface area contributed by atoms with Gasteiger partial charge >= 0.3 is 0 Å². The Balaban J connectivity index is 1.81. The van der Waals surface area contributed by atoms with Crippen LogP contribution in [0.1, 0.15) is 17.5 Å². The highest BCUT2D eigenvalue weighted by Crippen LogP contribution is 2.44. The van der Waals surface area contributed by atoms with Crippen LogP contribution in [-0.2, 0) is 9.84 Å². The van der Waals surface area contributed by atoms with Crippen molar-refractivity contribution < 1.29 is 8.42 Å². The Labute approximate surface area is 163 Å². The third-order valence-corrected chi connectivity index (χ3v) is 9.66. The Morgan fingerprint density at radius 3 is 1.96 bits per heavy atom. The first-order chi connectivity index (χ1) is 11.8. The number of alkyl halides is 2. The molecule has 0 amide bonds. The van der Waals surface area contributed by atoms with E-state index in [-0.39, 0.29) is 5.25 Å². The Hall–Kier alpha value is -0.680. The summed E-state index contributed by atoms with van der Waals surface area (Å²) >= 11 is 14.6. The van der Waals surface area contributed by atoms with Gasteiger partial charge in [0.05, 0.1) is 20.9 Å². The van der Waals surface area contributed by atoms with Gasteiger partial charge in [0.25, 0.3) is 0 Å². The van der Waals surface area contributed by atoms with Crippen molar-refractivity contribution >= 4 is 44.8 Å². The second-order valence-electron chi connectivity index (χ2n) is 6.49. The van der Waals surface area contributed by atoms with Gasteiger partial charge in [-0.3, -0.25) is 0 Å². The SMILES string of the molecule is Cc1ccc(S[C@@H]2C[C@@H](S(=O)(=O)c3ccc(C)cc3)[C@H](Cl)[C@H]2Cl)cc1. The summed E-state index contributed by atoms with van der Waals surface area (Å²) in [4.78, 5) is 1.40. The summed E-state index contributed by atoms with van der Waals surface area (Å²) in [5.41, 5.74) is 2.21. The van der Waals surface area contributed by atoms with Gasteiger partial charge in [0.1, 0.15) is 0 Å². The van der Waals surface area contributed by atoms with Gasteiger partial charge in [-0.1, -0.05) is 35.4 Å². The van der Waals surface area contributed by atoms with Crippen molar-refractivity contribution in [3.8, 4) is 0 Å². The molecule has 134 valence electrons. The van der Waals surface area contributed by atoms with Crippen LogP contribution in [0.25, 0.3) is 0 Å². The molecule has 6 heteroatoms. The van der Waals surface area contributed by atoms with Crippen molar-refractivity contribution in [3.05, 3.63) is 59.7 Å². The van der Waals surface area contributed by atoms with Gasteiger partial charge in [-0.05, 0) is 44.5 Å². The second kappa shape index (κ2) is 7.51. The first-order valence-electron chi connectivity index (χ1n) is 8.11. The van der Waals surface area contributed by atoms with Crippen LogP contribution in [0.15, 0.2) is 58.3 Å². The van der Waals surface area contributed by atoms with Crippen molar-refractivity contribution in [2.75, 3.05) is 0 Å². The fourth-order valence-electron chi connectivity index (χ4n) is 3.00. The van der Waals surface area contributed by atoms with Gasteiger partial charge in [0, 0.05) is 10.1 Å².